The average molecular weight is 415 g/mol. The number of rotatable bonds is 4. The molecule has 0 spiro atoms. The van der Waals surface area contributed by atoms with Crippen molar-refractivity contribution in [2.75, 3.05) is 31.6 Å². The van der Waals surface area contributed by atoms with E-state index in [4.69, 9.17) is 4.74 Å². The van der Waals surface area contributed by atoms with Gasteiger partial charge in [0.1, 0.15) is 17.9 Å². The van der Waals surface area contributed by atoms with Crippen LogP contribution >= 0.6 is 15.9 Å². The fraction of sp³-hybridized carbons (Fsp3) is 0.263. The van der Waals surface area contributed by atoms with E-state index in [9.17, 15) is 5.11 Å². The van der Waals surface area contributed by atoms with E-state index in [2.05, 4.69) is 36.1 Å². The Labute approximate surface area is 160 Å². The third kappa shape index (κ3) is 3.80. The first-order valence-corrected chi connectivity index (χ1v) is 9.27. The molecule has 1 aliphatic rings. The molecular weight excluding hydrogens is 396 g/mol. The van der Waals surface area contributed by atoms with Gasteiger partial charge in [0.15, 0.2) is 0 Å². The van der Waals surface area contributed by atoms with E-state index in [-0.39, 0.29) is 0 Å². The Hall–Kier alpha value is -2.22. The summed E-state index contributed by atoms with van der Waals surface area (Å²) < 4.78 is 6.36. The second-order valence-corrected chi connectivity index (χ2v) is 7.16. The highest BCUT2D eigenvalue weighted by molar-refractivity contribution is 9.10. The molecule has 0 atom stereocenters. The number of anilines is 2. The maximum atomic E-state index is 10.2. The number of benzene rings is 2. The normalized spacial score (nSPS) is 15.3. The average Bonchev–Trinajstić information content (AvgIpc) is 2.66. The van der Waals surface area contributed by atoms with Gasteiger partial charge < -0.3 is 15.2 Å². The quantitative estimate of drug-likeness (QED) is 0.634. The van der Waals surface area contributed by atoms with Crippen molar-refractivity contribution in [1.82, 2.24) is 14.9 Å². The minimum absolute atomic E-state index is 0.303. The standard InChI is InChI=1S/C19H19BrN4O2/c20-14-1-3-17-16(10-14)19(22-12-21-17)23-15-2-4-18(25)13(9-15)11-24-5-7-26-8-6-24/h1-4,9-10,12,25H,5-8,11H2,(H,21,22,23). The lowest BCUT2D eigenvalue weighted by atomic mass is 10.1. The molecular formula is C19H19BrN4O2. The van der Waals surface area contributed by atoms with Crippen LogP contribution < -0.4 is 5.32 Å². The summed E-state index contributed by atoms with van der Waals surface area (Å²) in [4.78, 5) is 11.0. The monoisotopic (exact) mass is 414 g/mol. The third-order valence-electron chi connectivity index (χ3n) is 4.44. The van der Waals surface area contributed by atoms with E-state index in [1.165, 1.54) is 0 Å². The first-order chi connectivity index (χ1) is 12.7. The molecule has 1 saturated heterocycles. The highest BCUT2D eigenvalue weighted by Gasteiger charge is 2.14. The molecule has 2 aromatic carbocycles. The molecule has 1 aliphatic heterocycles. The second-order valence-electron chi connectivity index (χ2n) is 6.24. The first kappa shape index (κ1) is 17.2. The lowest BCUT2D eigenvalue weighted by Crippen LogP contribution is -2.35. The number of fused-ring (bicyclic) bond motifs is 1. The second kappa shape index (κ2) is 7.57. The predicted octanol–water partition coefficient (Wildman–Crippen LogP) is 3.67. The van der Waals surface area contributed by atoms with Gasteiger partial charge in [0.05, 0.1) is 18.7 Å². The van der Waals surface area contributed by atoms with Gasteiger partial charge in [0.2, 0.25) is 0 Å². The first-order valence-electron chi connectivity index (χ1n) is 8.48. The van der Waals surface area contributed by atoms with Gasteiger partial charge in [-0.25, -0.2) is 9.97 Å². The Kier molecular flexibility index (Phi) is 5.01. The van der Waals surface area contributed by atoms with Crippen LogP contribution in [-0.2, 0) is 11.3 Å². The number of hydrogen-bond donors (Lipinski definition) is 2. The lowest BCUT2D eigenvalue weighted by molar-refractivity contribution is 0.0339. The van der Waals surface area contributed by atoms with Crippen molar-refractivity contribution in [3.63, 3.8) is 0 Å². The van der Waals surface area contributed by atoms with Crippen LogP contribution in [0.15, 0.2) is 47.2 Å². The van der Waals surface area contributed by atoms with Crippen molar-refractivity contribution in [2.45, 2.75) is 6.54 Å². The summed E-state index contributed by atoms with van der Waals surface area (Å²) in [6, 6.07) is 11.4. The highest BCUT2D eigenvalue weighted by Crippen LogP contribution is 2.28. The van der Waals surface area contributed by atoms with Crippen molar-refractivity contribution in [3.05, 3.63) is 52.8 Å². The van der Waals surface area contributed by atoms with Gasteiger partial charge in [-0.05, 0) is 36.4 Å². The Morgan fingerprint density at radius 2 is 1.96 bits per heavy atom. The van der Waals surface area contributed by atoms with Crippen LogP contribution in [0.4, 0.5) is 11.5 Å². The van der Waals surface area contributed by atoms with E-state index in [0.717, 1.165) is 58.7 Å². The summed E-state index contributed by atoms with van der Waals surface area (Å²) >= 11 is 3.50. The van der Waals surface area contributed by atoms with Gasteiger partial charge in [-0.1, -0.05) is 15.9 Å². The summed E-state index contributed by atoms with van der Waals surface area (Å²) in [5, 5.41) is 14.5. The SMILES string of the molecule is Oc1ccc(Nc2ncnc3ccc(Br)cc23)cc1CN1CCOCC1. The molecule has 4 rings (SSSR count). The molecule has 0 unspecified atom stereocenters. The molecule has 1 fully saturated rings. The number of phenols is 1. The molecule has 6 nitrogen and oxygen atoms in total. The number of nitrogens with one attached hydrogen (secondary N) is 1. The number of ether oxygens (including phenoxy) is 1. The number of halogens is 1. The lowest BCUT2D eigenvalue weighted by Gasteiger charge is -2.27. The zero-order valence-corrected chi connectivity index (χ0v) is 15.7. The largest absolute Gasteiger partial charge is 0.508 e. The Morgan fingerprint density at radius 1 is 1.12 bits per heavy atom. The van der Waals surface area contributed by atoms with Gasteiger partial charge in [-0.3, -0.25) is 4.90 Å². The van der Waals surface area contributed by atoms with E-state index in [1.807, 2.05) is 30.3 Å². The van der Waals surface area contributed by atoms with Crippen LogP contribution in [0.3, 0.4) is 0 Å². The van der Waals surface area contributed by atoms with Crippen LogP contribution in [0.25, 0.3) is 10.9 Å². The van der Waals surface area contributed by atoms with E-state index in [0.29, 0.717) is 12.3 Å². The number of phenolic OH excluding ortho intramolecular Hbond substituents is 1. The number of nitrogens with zero attached hydrogens (tertiary/aromatic N) is 3. The number of hydrogen-bond acceptors (Lipinski definition) is 6. The molecule has 0 saturated carbocycles. The number of morpholine rings is 1. The summed E-state index contributed by atoms with van der Waals surface area (Å²) in [5.41, 5.74) is 2.64. The molecule has 2 N–H and O–H groups in total. The summed E-state index contributed by atoms with van der Waals surface area (Å²) in [7, 11) is 0. The van der Waals surface area contributed by atoms with Gasteiger partial charge in [0, 0.05) is 40.7 Å². The zero-order chi connectivity index (χ0) is 17.9. The van der Waals surface area contributed by atoms with Crippen LogP contribution in [0, 0.1) is 0 Å². The minimum Gasteiger partial charge on any atom is -0.508 e. The fourth-order valence-corrected chi connectivity index (χ4v) is 3.42. The van der Waals surface area contributed by atoms with Crippen molar-refractivity contribution >= 4 is 38.3 Å². The maximum Gasteiger partial charge on any atom is 0.141 e. The Morgan fingerprint density at radius 3 is 2.81 bits per heavy atom. The molecule has 1 aromatic heterocycles. The number of aromatic hydroxyl groups is 1. The van der Waals surface area contributed by atoms with Crippen LogP contribution in [0.2, 0.25) is 0 Å². The van der Waals surface area contributed by atoms with E-state index < -0.39 is 0 Å². The molecule has 0 bridgehead atoms. The molecule has 2 heterocycles. The summed E-state index contributed by atoms with van der Waals surface area (Å²) in [6.45, 7) is 3.92. The fourth-order valence-electron chi connectivity index (χ4n) is 3.06. The molecule has 7 heteroatoms. The van der Waals surface area contributed by atoms with Crippen LogP contribution in [-0.4, -0.2) is 46.3 Å². The van der Waals surface area contributed by atoms with Gasteiger partial charge in [-0.2, -0.15) is 0 Å². The minimum atomic E-state index is 0.303. The third-order valence-corrected chi connectivity index (χ3v) is 4.93. The molecule has 0 radical (unpaired) electrons. The topological polar surface area (TPSA) is 70.5 Å². The van der Waals surface area contributed by atoms with Crippen molar-refractivity contribution < 1.29 is 9.84 Å². The smallest absolute Gasteiger partial charge is 0.141 e. The van der Waals surface area contributed by atoms with Crippen LogP contribution in [0.5, 0.6) is 5.75 Å². The highest BCUT2D eigenvalue weighted by atomic mass is 79.9. The number of aromatic nitrogens is 2. The van der Waals surface area contributed by atoms with Gasteiger partial charge in [0.25, 0.3) is 0 Å². The molecule has 134 valence electrons. The zero-order valence-electron chi connectivity index (χ0n) is 14.2. The molecule has 3 aromatic rings. The van der Waals surface area contributed by atoms with Crippen molar-refractivity contribution in [1.29, 1.82) is 0 Å². The molecule has 0 amide bonds. The summed E-state index contributed by atoms with van der Waals surface area (Å²) in [6.07, 6.45) is 1.55. The van der Waals surface area contributed by atoms with Crippen molar-refractivity contribution in [2.24, 2.45) is 0 Å². The molecule has 26 heavy (non-hydrogen) atoms. The van der Waals surface area contributed by atoms with E-state index in [1.54, 1.807) is 12.4 Å². The maximum absolute atomic E-state index is 10.2. The van der Waals surface area contributed by atoms with Crippen molar-refractivity contribution in [3.8, 4) is 5.75 Å². The van der Waals surface area contributed by atoms with Gasteiger partial charge >= 0.3 is 0 Å². The predicted molar refractivity (Wildman–Crippen MR) is 105 cm³/mol. The van der Waals surface area contributed by atoms with Crippen LogP contribution in [0.1, 0.15) is 5.56 Å². The van der Waals surface area contributed by atoms with Gasteiger partial charge in [-0.15, -0.1) is 0 Å². The Bertz CT molecular complexity index is 929. The van der Waals surface area contributed by atoms with E-state index >= 15 is 0 Å². The Balaban J connectivity index is 1.60. The summed E-state index contributed by atoms with van der Waals surface area (Å²) in [5.74, 6) is 1.04. The molecule has 0 aliphatic carbocycles.